The van der Waals surface area contributed by atoms with Crippen LogP contribution >= 0.6 is 11.8 Å². The Morgan fingerprint density at radius 2 is 1.94 bits per heavy atom. The van der Waals surface area contributed by atoms with Crippen molar-refractivity contribution < 1.29 is 0 Å². The maximum Gasteiger partial charge on any atom is 0.354 e. The Kier molecular flexibility index (Phi) is 4.26. The zero-order valence-electron chi connectivity index (χ0n) is 11.4. The Morgan fingerprint density at radius 1 is 1.39 bits per heavy atom. The number of aromatic nitrogens is 3. The molecular formula is C11H20N4O2S. The molecule has 0 saturated heterocycles. The highest BCUT2D eigenvalue weighted by atomic mass is 32.2. The van der Waals surface area contributed by atoms with E-state index in [0.717, 1.165) is 9.24 Å². The van der Waals surface area contributed by atoms with Crippen LogP contribution in [-0.4, -0.2) is 20.0 Å². The summed E-state index contributed by atoms with van der Waals surface area (Å²) in [7, 11) is 0. The van der Waals surface area contributed by atoms with Crippen molar-refractivity contribution in [1.29, 1.82) is 0 Å². The summed E-state index contributed by atoms with van der Waals surface area (Å²) < 4.78 is 2.05. The summed E-state index contributed by atoms with van der Waals surface area (Å²) in [4.78, 5) is 27.9. The lowest BCUT2D eigenvalue weighted by Gasteiger charge is -2.28. The van der Waals surface area contributed by atoms with Gasteiger partial charge in [0.2, 0.25) is 0 Å². The van der Waals surface area contributed by atoms with Crippen molar-refractivity contribution in [2.45, 2.75) is 45.8 Å². The minimum Gasteiger partial charge on any atom is -0.333 e. The molecule has 1 unspecified atom stereocenters. The molecule has 1 aromatic heterocycles. The molecule has 0 aromatic carbocycles. The number of nitrogens with two attached hydrogens (primary N) is 1. The van der Waals surface area contributed by atoms with Gasteiger partial charge in [-0.05, 0) is 18.1 Å². The Labute approximate surface area is 110 Å². The first-order chi connectivity index (χ1) is 8.20. The van der Waals surface area contributed by atoms with Gasteiger partial charge in [-0.3, -0.25) is 0 Å². The summed E-state index contributed by atoms with van der Waals surface area (Å²) in [6.07, 6.45) is 0. The molecule has 0 aliphatic heterocycles. The Hall–Kier alpha value is -1.24. The van der Waals surface area contributed by atoms with E-state index in [0.29, 0.717) is 5.75 Å². The average Bonchev–Trinajstić information content (AvgIpc) is 2.24. The van der Waals surface area contributed by atoms with Gasteiger partial charge in [0.05, 0.1) is 0 Å². The van der Waals surface area contributed by atoms with E-state index in [4.69, 9.17) is 5.84 Å². The van der Waals surface area contributed by atoms with Crippen LogP contribution < -0.4 is 17.2 Å². The van der Waals surface area contributed by atoms with E-state index in [2.05, 4.69) is 4.98 Å². The molecule has 1 rings (SSSR count). The predicted octanol–water partition coefficient (Wildman–Crippen LogP) is 0.838. The van der Waals surface area contributed by atoms with E-state index >= 15 is 0 Å². The molecule has 102 valence electrons. The number of hydrogen-bond acceptors (Lipinski definition) is 5. The van der Waals surface area contributed by atoms with Crippen LogP contribution in [0.2, 0.25) is 0 Å². The standard InChI is InChI=1S/C11H20N4O2S/c1-6-18-9-13-8(16)14(10(17)15(9)12)7(2)11(3,4)5/h7H,6,12H2,1-5H3. The predicted molar refractivity (Wildman–Crippen MR) is 73.5 cm³/mol. The second-order valence-electron chi connectivity index (χ2n) is 5.17. The van der Waals surface area contributed by atoms with E-state index in [1.54, 1.807) is 0 Å². The number of thioether (sulfide) groups is 1. The number of hydrogen-bond donors (Lipinski definition) is 1. The number of nitrogens with zero attached hydrogens (tertiary/aromatic N) is 3. The summed E-state index contributed by atoms with van der Waals surface area (Å²) in [6.45, 7) is 9.59. The second-order valence-corrected chi connectivity index (χ2v) is 6.41. The van der Waals surface area contributed by atoms with Crippen LogP contribution in [0, 0.1) is 5.41 Å². The minimum atomic E-state index is -0.542. The van der Waals surface area contributed by atoms with Gasteiger partial charge < -0.3 is 5.84 Å². The van der Waals surface area contributed by atoms with Gasteiger partial charge in [-0.25, -0.2) is 14.2 Å². The molecule has 1 atom stereocenters. The molecular weight excluding hydrogens is 252 g/mol. The molecule has 1 aromatic rings. The van der Waals surface area contributed by atoms with Crippen LogP contribution in [0.15, 0.2) is 14.7 Å². The lowest BCUT2D eigenvalue weighted by molar-refractivity contribution is 0.242. The van der Waals surface area contributed by atoms with Crippen LogP contribution in [0.3, 0.4) is 0 Å². The van der Waals surface area contributed by atoms with E-state index in [1.165, 1.54) is 11.8 Å². The molecule has 0 radical (unpaired) electrons. The number of nitrogen functional groups attached to an aromatic ring is 1. The maximum atomic E-state index is 12.1. The number of rotatable bonds is 3. The SMILES string of the molecule is CCSc1nc(=O)n(C(C)C(C)(C)C)c(=O)n1N. The van der Waals surface area contributed by atoms with Crippen LogP contribution in [0.1, 0.15) is 40.7 Å². The van der Waals surface area contributed by atoms with Gasteiger partial charge in [-0.1, -0.05) is 39.5 Å². The van der Waals surface area contributed by atoms with E-state index < -0.39 is 11.4 Å². The van der Waals surface area contributed by atoms with Crippen molar-refractivity contribution >= 4 is 11.8 Å². The summed E-state index contributed by atoms with van der Waals surface area (Å²) in [5, 5.41) is 0.254. The van der Waals surface area contributed by atoms with Crippen LogP contribution in [-0.2, 0) is 0 Å². The largest absolute Gasteiger partial charge is 0.354 e. The first-order valence-corrected chi connectivity index (χ1v) is 6.82. The van der Waals surface area contributed by atoms with Gasteiger partial charge in [0.15, 0.2) is 5.16 Å². The third kappa shape index (κ3) is 2.77. The normalized spacial score (nSPS) is 13.6. The third-order valence-corrected chi connectivity index (χ3v) is 3.76. The van der Waals surface area contributed by atoms with Gasteiger partial charge in [0, 0.05) is 6.04 Å². The molecule has 7 heteroatoms. The first kappa shape index (κ1) is 14.8. The van der Waals surface area contributed by atoms with E-state index in [1.807, 2.05) is 34.6 Å². The molecule has 6 nitrogen and oxygen atoms in total. The molecule has 0 amide bonds. The van der Waals surface area contributed by atoms with Crippen molar-refractivity contribution in [3.05, 3.63) is 21.0 Å². The zero-order valence-corrected chi connectivity index (χ0v) is 12.2. The lowest BCUT2D eigenvalue weighted by atomic mass is 9.88. The molecule has 0 aliphatic carbocycles. The van der Waals surface area contributed by atoms with Crippen molar-refractivity contribution in [3.8, 4) is 0 Å². The smallest absolute Gasteiger partial charge is 0.333 e. The highest BCUT2D eigenvalue weighted by molar-refractivity contribution is 7.99. The fraction of sp³-hybridized carbons (Fsp3) is 0.727. The van der Waals surface area contributed by atoms with E-state index in [-0.39, 0.29) is 16.6 Å². The maximum absolute atomic E-state index is 12.1. The van der Waals surface area contributed by atoms with Gasteiger partial charge in [0.1, 0.15) is 0 Å². The molecule has 18 heavy (non-hydrogen) atoms. The van der Waals surface area contributed by atoms with Gasteiger partial charge in [0.25, 0.3) is 0 Å². The topological polar surface area (TPSA) is 82.9 Å². The first-order valence-electron chi connectivity index (χ1n) is 5.83. The second kappa shape index (κ2) is 5.17. The average molecular weight is 272 g/mol. The molecule has 0 aliphatic rings. The van der Waals surface area contributed by atoms with Crippen molar-refractivity contribution in [2.75, 3.05) is 11.6 Å². The lowest BCUT2D eigenvalue weighted by Crippen LogP contribution is -2.48. The quantitative estimate of drug-likeness (QED) is 0.651. The minimum absolute atomic E-state index is 0.225. The van der Waals surface area contributed by atoms with Crippen LogP contribution in [0.5, 0.6) is 0 Å². The van der Waals surface area contributed by atoms with Crippen molar-refractivity contribution in [3.63, 3.8) is 0 Å². The fourth-order valence-electron chi connectivity index (χ4n) is 1.42. The fourth-order valence-corrected chi connectivity index (χ4v) is 2.04. The molecule has 1 heterocycles. The van der Waals surface area contributed by atoms with E-state index in [9.17, 15) is 9.59 Å². The van der Waals surface area contributed by atoms with Crippen molar-refractivity contribution in [1.82, 2.24) is 14.2 Å². The Bertz CT molecular complexity index is 541. The van der Waals surface area contributed by atoms with Gasteiger partial charge in [-0.2, -0.15) is 9.66 Å². The Balaban J connectivity index is 3.46. The summed E-state index contributed by atoms with van der Waals surface area (Å²) in [5.74, 6) is 6.38. The molecule has 0 spiro atoms. The summed E-state index contributed by atoms with van der Waals surface area (Å²) in [5.41, 5.74) is -1.29. The third-order valence-electron chi connectivity index (χ3n) is 2.93. The molecule has 0 bridgehead atoms. The highest BCUT2D eigenvalue weighted by Gasteiger charge is 2.26. The summed E-state index contributed by atoms with van der Waals surface area (Å²) >= 11 is 1.27. The monoisotopic (exact) mass is 272 g/mol. The van der Waals surface area contributed by atoms with Crippen molar-refractivity contribution in [2.24, 2.45) is 5.41 Å². The van der Waals surface area contributed by atoms with Gasteiger partial charge >= 0.3 is 11.4 Å². The Morgan fingerprint density at radius 3 is 2.39 bits per heavy atom. The molecule has 0 saturated carbocycles. The summed E-state index contributed by atoms with van der Waals surface area (Å²) in [6, 6.07) is -0.277. The highest BCUT2D eigenvalue weighted by Crippen LogP contribution is 2.27. The van der Waals surface area contributed by atoms with Gasteiger partial charge in [-0.15, -0.1) is 0 Å². The van der Waals surface area contributed by atoms with Crippen LogP contribution in [0.25, 0.3) is 0 Å². The molecule has 0 fully saturated rings. The molecule has 2 N–H and O–H groups in total. The van der Waals surface area contributed by atoms with Crippen LogP contribution in [0.4, 0.5) is 0 Å². The zero-order chi connectivity index (χ0) is 14.1.